The van der Waals surface area contributed by atoms with Crippen molar-refractivity contribution in [1.82, 2.24) is 5.32 Å². The summed E-state index contributed by atoms with van der Waals surface area (Å²) in [6.45, 7) is 2.51. The lowest BCUT2D eigenvalue weighted by Gasteiger charge is -2.06. The number of fused-ring (bicyclic) bond motifs is 1. The first-order chi connectivity index (χ1) is 15.0. The van der Waals surface area contributed by atoms with Crippen LogP contribution in [0.4, 0.5) is 11.4 Å². The molecule has 0 fully saturated rings. The number of carbonyl (C=O) groups is 2. The molecule has 1 heterocycles. The molecule has 0 aliphatic heterocycles. The molecule has 0 spiro atoms. The maximum atomic E-state index is 12.6. The highest BCUT2D eigenvalue weighted by Crippen LogP contribution is 2.28. The van der Waals surface area contributed by atoms with Gasteiger partial charge < -0.3 is 16.4 Å². The van der Waals surface area contributed by atoms with Crippen LogP contribution in [0, 0.1) is 6.92 Å². The molecular weight excluding hydrogens is 406 g/mol. The zero-order valence-electron chi connectivity index (χ0n) is 17.1. The first-order valence-electron chi connectivity index (χ1n) is 10.0. The van der Waals surface area contributed by atoms with Gasteiger partial charge in [-0.2, -0.15) is 0 Å². The van der Waals surface area contributed by atoms with Crippen molar-refractivity contribution >= 4 is 44.6 Å². The molecule has 4 aromatic rings. The summed E-state index contributed by atoms with van der Waals surface area (Å²) in [5, 5.41) is 6.85. The van der Waals surface area contributed by atoms with Crippen molar-refractivity contribution in [3.05, 3.63) is 94.4 Å². The minimum absolute atomic E-state index is 0.0694. The minimum atomic E-state index is -0.175. The van der Waals surface area contributed by atoms with E-state index in [0.29, 0.717) is 34.8 Å². The molecule has 0 bridgehead atoms. The van der Waals surface area contributed by atoms with E-state index in [-0.39, 0.29) is 11.8 Å². The van der Waals surface area contributed by atoms with Gasteiger partial charge in [0.15, 0.2) is 0 Å². The number of nitrogens with two attached hydrogens (primary N) is 1. The van der Waals surface area contributed by atoms with E-state index in [2.05, 4.69) is 16.7 Å². The number of aryl methyl sites for hydroxylation is 1. The normalized spacial score (nSPS) is 10.7. The molecule has 0 saturated carbocycles. The molecular formula is C25H23N3O2S. The third-order valence-corrected chi connectivity index (χ3v) is 6.09. The van der Waals surface area contributed by atoms with Crippen LogP contribution in [0.3, 0.4) is 0 Å². The van der Waals surface area contributed by atoms with Gasteiger partial charge in [-0.25, -0.2) is 0 Å². The number of carbonyl (C=O) groups excluding carboxylic acids is 2. The Balaban J connectivity index is 1.40. The van der Waals surface area contributed by atoms with E-state index in [1.807, 2.05) is 61.5 Å². The lowest BCUT2D eigenvalue weighted by atomic mass is 10.1. The smallest absolute Gasteiger partial charge is 0.265 e. The van der Waals surface area contributed by atoms with Crippen LogP contribution in [0.15, 0.2) is 72.8 Å². The number of nitrogen functional groups attached to an aromatic ring is 1. The fourth-order valence-corrected chi connectivity index (χ4v) is 4.37. The van der Waals surface area contributed by atoms with Crippen LogP contribution in [0.25, 0.3) is 10.1 Å². The van der Waals surface area contributed by atoms with E-state index in [0.717, 1.165) is 21.2 Å². The maximum Gasteiger partial charge on any atom is 0.265 e. The third kappa shape index (κ3) is 4.92. The second kappa shape index (κ2) is 9.02. The van der Waals surface area contributed by atoms with Gasteiger partial charge in [-0.1, -0.05) is 42.0 Å². The number of rotatable bonds is 6. The number of nitrogens with one attached hydrogen (secondary N) is 2. The van der Waals surface area contributed by atoms with Gasteiger partial charge in [0.2, 0.25) is 0 Å². The summed E-state index contributed by atoms with van der Waals surface area (Å²) in [6, 6.07) is 22.8. The Bertz CT molecular complexity index is 1260. The summed E-state index contributed by atoms with van der Waals surface area (Å²) in [5.41, 5.74) is 9.89. The first kappa shape index (κ1) is 20.6. The fourth-order valence-electron chi connectivity index (χ4n) is 3.35. The molecule has 0 saturated heterocycles. The molecule has 4 N–H and O–H groups in total. The predicted molar refractivity (Wildman–Crippen MR) is 128 cm³/mol. The number of anilines is 2. The molecule has 2 amide bonds. The summed E-state index contributed by atoms with van der Waals surface area (Å²) >= 11 is 1.44. The molecule has 31 heavy (non-hydrogen) atoms. The van der Waals surface area contributed by atoms with E-state index >= 15 is 0 Å². The molecule has 0 unspecified atom stereocenters. The van der Waals surface area contributed by atoms with Crippen molar-refractivity contribution in [3.63, 3.8) is 0 Å². The van der Waals surface area contributed by atoms with Crippen LogP contribution >= 0.6 is 11.3 Å². The molecule has 4 rings (SSSR count). The molecule has 0 atom stereocenters. The number of amides is 2. The third-order valence-electron chi connectivity index (χ3n) is 5.00. The van der Waals surface area contributed by atoms with E-state index in [1.54, 1.807) is 12.1 Å². The Morgan fingerprint density at radius 1 is 0.935 bits per heavy atom. The van der Waals surface area contributed by atoms with E-state index < -0.39 is 0 Å². The van der Waals surface area contributed by atoms with Gasteiger partial charge in [0.05, 0.1) is 16.3 Å². The molecule has 156 valence electrons. The number of para-hydroxylation sites is 2. The van der Waals surface area contributed by atoms with Gasteiger partial charge >= 0.3 is 0 Å². The maximum absolute atomic E-state index is 12.6. The minimum Gasteiger partial charge on any atom is -0.397 e. The molecule has 0 aliphatic carbocycles. The highest BCUT2D eigenvalue weighted by atomic mass is 32.1. The van der Waals surface area contributed by atoms with Gasteiger partial charge in [0.1, 0.15) is 0 Å². The van der Waals surface area contributed by atoms with Crippen LogP contribution in [-0.2, 0) is 6.42 Å². The van der Waals surface area contributed by atoms with Gasteiger partial charge in [-0.05, 0) is 60.7 Å². The Labute approximate surface area is 184 Å². The summed E-state index contributed by atoms with van der Waals surface area (Å²) < 4.78 is 1.04. The molecule has 0 radical (unpaired) electrons. The first-order valence-corrected chi connectivity index (χ1v) is 10.8. The van der Waals surface area contributed by atoms with Crippen molar-refractivity contribution in [2.75, 3.05) is 17.6 Å². The van der Waals surface area contributed by atoms with Gasteiger partial charge in [0, 0.05) is 16.8 Å². The second-order valence-corrected chi connectivity index (χ2v) is 8.48. The Morgan fingerprint density at radius 2 is 1.77 bits per heavy atom. The van der Waals surface area contributed by atoms with Crippen LogP contribution in [0.5, 0.6) is 0 Å². The number of hydrogen-bond donors (Lipinski definition) is 3. The van der Waals surface area contributed by atoms with Crippen molar-refractivity contribution in [3.8, 4) is 0 Å². The molecule has 5 nitrogen and oxygen atoms in total. The van der Waals surface area contributed by atoms with Crippen molar-refractivity contribution in [2.45, 2.75) is 13.3 Å². The average Bonchev–Trinajstić information content (AvgIpc) is 3.19. The van der Waals surface area contributed by atoms with Crippen molar-refractivity contribution < 1.29 is 9.59 Å². The summed E-state index contributed by atoms with van der Waals surface area (Å²) in [5.74, 6) is -0.244. The molecule has 0 aliphatic rings. The fraction of sp³-hybridized carbons (Fsp3) is 0.120. The van der Waals surface area contributed by atoms with Gasteiger partial charge in [-0.15, -0.1) is 11.3 Å². The number of thiophene rings is 1. The zero-order valence-corrected chi connectivity index (χ0v) is 18.0. The lowest BCUT2D eigenvalue weighted by molar-refractivity contribution is 0.0953. The Hall–Kier alpha value is -3.64. The van der Waals surface area contributed by atoms with Crippen molar-refractivity contribution in [2.24, 2.45) is 0 Å². The predicted octanol–water partition coefficient (Wildman–Crippen LogP) is 5.02. The Kier molecular flexibility index (Phi) is 6.00. The molecule has 6 heteroatoms. The summed E-state index contributed by atoms with van der Waals surface area (Å²) in [7, 11) is 0. The SMILES string of the molecule is Cc1cccc(C(=O)NCCc2ccc3cc(C(=O)Nc4ccccc4N)sc3c2)c1. The quantitative estimate of drug-likeness (QED) is 0.376. The number of hydrogen-bond acceptors (Lipinski definition) is 4. The van der Waals surface area contributed by atoms with E-state index in [1.165, 1.54) is 11.3 Å². The van der Waals surface area contributed by atoms with Crippen LogP contribution in [-0.4, -0.2) is 18.4 Å². The Morgan fingerprint density at radius 3 is 2.58 bits per heavy atom. The average molecular weight is 430 g/mol. The monoisotopic (exact) mass is 429 g/mol. The zero-order chi connectivity index (χ0) is 21.8. The van der Waals surface area contributed by atoms with E-state index in [9.17, 15) is 9.59 Å². The number of benzene rings is 3. The lowest BCUT2D eigenvalue weighted by Crippen LogP contribution is -2.25. The largest absolute Gasteiger partial charge is 0.397 e. The molecule has 1 aromatic heterocycles. The van der Waals surface area contributed by atoms with Crippen LogP contribution < -0.4 is 16.4 Å². The van der Waals surface area contributed by atoms with Gasteiger partial charge in [-0.3, -0.25) is 9.59 Å². The van der Waals surface area contributed by atoms with E-state index in [4.69, 9.17) is 5.73 Å². The van der Waals surface area contributed by atoms with Gasteiger partial charge in [0.25, 0.3) is 11.8 Å². The summed E-state index contributed by atoms with van der Waals surface area (Å²) in [4.78, 5) is 25.5. The van der Waals surface area contributed by atoms with Crippen LogP contribution in [0.1, 0.15) is 31.2 Å². The topological polar surface area (TPSA) is 84.2 Å². The second-order valence-electron chi connectivity index (χ2n) is 7.40. The standard InChI is InChI=1S/C25H23N3O2S/c1-16-5-4-6-19(13-16)24(29)27-12-11-17-9-10-18-15-23(31-22(18)14-17)25(30)28-21-8-3-2-7-20(21)26/h2-10,13-15H,11-12,26H2,1H3,(H,27,29)(H,28,30). The highest BCUT2D eigenvalue weighted by molar-refractivity contribution is 7.20. The molecule has 3 aromatic carbocycles. The van der Waals surface area contributed by atoms with Crippen molar-refractivity contribution in [1.29, 1.82) is 0 Å². The summed E-state index contributed by atoms with van der Waals surface area (Å²) in [6.07, 6.45) is 0.716. The van der Waals surface area contributed by atoms with Crippen LogP contribution in [0.2, 0.25) is 0 Å². The highest BCUT2D eigenvalue weighted by Gasteiger charge is 2.12.